The maximum absolute atomic E-state index is 13.6. The van der Waals surface area contributed by atoms with Crippen molar-refractivity contribution < 1.29 is 13.8 Å². The van der Waals surface area contributed by atoms with E-state index < -0.39 is 11.7 Å². The number of hydrogen-bond donors (Lipinski definition) is 2. The largest absolute Gasteiger partial charge is 0.379 e. The molecule has 0 saturated heterocycles. The third kappa shape index (κ3) is 3.30. The summed E-state index contributed by atoms with van der Waals surface area (Å²) in [6.45, 7) is -0.114. The van der Waals surface area contributed by atoms with Gasteiger partial charge in [0.25, 0.3) is 5.91 Å². The van der Waals surface area contributed by atoms with E-state index in [1.165, 1.54) is 12.3 Å². The molecular formula is C18H14FN7O2. The fraction of sp³-hybridized carbons (Fsp3) is 0.0556. The minimum atomic E-state index is -0.438. The van der Waals surface area contributed by atoms with Crippen LogP contribution in [-0.4, -0.2) is 32.0 Å². The lowest BCUT2D eigenvalue weighted by Crippen LogP contribution is -2.23. The SMILES string of the molecule is Nc1nonc1-c1nc2ccccc2n1CC(=O)N/N=C\c1ccccc1F. The van der Waals surface area contributed by atoms with Crippen molar-refractivity contribution in [3.8, 4) is 11.5 Å². The molecule has 0 radical (unpaired) electrons. The molecule has 3 N–H and O–H groups in total. The van der Waals surface area contributed by atoms with Crippen molar-refractivity contribution in [2.24, 2.45) is 5.10 Å². The summed E-state index contributed by atoms with van der Waals surface area (Å²) >= 11 is 0. The van der Waals surface area contributed by atoms with Gasteiger partial charge < -0.3 is 10.3 Å². The van der Waals surface area contributed by atoms with Crippen LogP contribution in [0.4, 0.5) is 10.2 Å². The van der Waals surface area contributed by atoms with Gasteiger partial charge in [-0.3, -0.25) is 4.79 Å². The second-order valence-corrected chi connectivity index (χ2v) is 5.82. The molecule has 0 fully saturated rings. The van der Waals surface area contributed by atoms with Crippen molar-refractivity contribution in [3.05, 3.63) is 59.9 Å². The smallest absolute Gasteiger partial charge is 0.260 e. The Morgan fingerprint density at radius 2 is 2.00 bits per heavy atom. The molecule has 1 amide bonds. The number of fused-ring (bicyclic) bond motifs is 1. The number of para-hydroxylation sites is 2. The zero-order valence-corrected chi connectivity index (χ0v) is 14.4. The number of halogens is 1. The number of imidazole rings is 1. The number of rotatable bonds is 5. The third-order valence-electron chi connectivity index (χ3n) is 3.98. The van der Waals surface area contributed by atoms with Gasteiger partial charge in [-0.05, 0) is 28.5 Å². The highest BCUT2D eigenvalue weighted by Gasteiger charge is 2.20. The first-order valence-corrected chi connectivity index (χ1v) is 8.23. The highest BCUT2D eigenvalue weighted by atomic mass is 19.1. The molecule has 0 bridgehead atoms. The number of nitrogens with one attached hydrogen (secondary N) is 1. The average molecular weight is 379 g/mol. The summed E-state index contributed by atoms with van der Waals surface area (Å²) in [6.07, 6.45) is 1.24. The van der Waals surface area contributed by atoms with Crippen molar-refractivity contribution in [3.63, 3.8) is 0 Å². The maximum Gasteiger partial charge on any atom is 0.260 e. The van der Waals surface area contributed by atoms with Crippen LogP contribution >= 0.6 is 0 Å². The molecule has 2 aromatic carbocycles. The number of anilines is 1. The van der Waals surface area contributed by atoms with Crippen molar-refractivity contribution in [2.75, 3.05) is 5.73 Å². The predicted molar refractivity (Wildman–Crippen MR) is 99.6 cm³/mol. The van der Waals surface area contributed by atoms with E-state index in [4.69, 9.17) is 5.73 Å². The average Bonchev–Trinajstić information content (AvgIpc) is 3.27. The Kier molecular flexibility index (Phi) is 4.50. The zero-order valence-electron chi connectivity index (χ0n) is 14.4. The molecule has 0 atom stereocenters. The van der Waals surface area contributed by atoms with Crippen molar-refractivity contribution in [1.82, 2.24) is 25.3 Å². The molecule has 2 aromatic heterocycles. The van der Waals surface area contributed by atoms with Crippen molar-refractivity contribution in [2.45, 2.75) is 6.54 Å². The minimum Gasteiger partial charge on any atom is -0.379 e. The molecule has 0 saturated carbocycles. The van der Waals surface area contributed by atoms with Gasteiger partial charge in [-0.2, -0.15) is 5.10 Å². The molecule has 9 nitrogen and oxygen atoms in total. The molecule has 4 rings (SSSR count). The van der Waals surface area contributed by atoms with Crippen LogP contribution in [0.5, 0.6) is 0 Å². The van der Waals surface area contributed by atoms with E-state index in [9.17, 15) is 9.18 Å². The number of amides is 1. The summed E-state index contributed by atoms with van der Waals surface area (Å²) in [5.74, 6) is -0.466. The number of carbonyl (C=O) groups excluding carboxylic acids is 1. The Morgan fingerprint density at radius 3 is 2.79 bits per heavy atom. The summed E-state index contributed by atoms with van der Waals surface area (Å²) < 4.78 is 19.9. The topological polar surface area (TPSA) is 124 Å². The van der Waals surface area contributed by atoms with Gasteiger partial charge in [0.15, 0.2) is 17.3 Å². The lowest BCUT2D eigenvalue weighted by atomic mass is 10.2. The Hall–Kier alpha value is -4.08. The Morgan fingerprint density at radius 1 is 1.21 bits per heavy atom. The van der Waals surface area contributed by atoms with E-state index >= 15 is 0 Å². The van der Waals surface area contributed by atoms with E-state index in [2.05, 4.69) is 30.5 Å². The first-order chi connectivity index (χ1) is 13.6. The van der Waals surface area contributed by atoms with E-state index in [0.717, 1.165) is 0 Å². The molecule has 140 valence electrons. The summed E-state index contributed by atoms with van der Waals surface area (Å²) in [7, 11) is 0. The van der Waals surface area contributed by atoms with Crippen LogP contribution in [0, 0.1) is 5.82 Å². The Bertz CT molecular complexity index is 1180. The predicted octanol–water partition coefficient (Wildman–Crippen LogP) is 1.96. The van der Waals surface area contributed by atoms with E-state index in [1.807, 2.05) is 18.2 Å². The van der Waals surface area contributed by atoms with Crippen molar-refractivity contribution in [1.29, 1.82) is 0 Å². The number of hydrazone groups is 1. The molecule has 10 heteroatoms. The lowest BCUT2D eigenvalue weighted by molar-refractivity contribution is -0.121. The zero-order chi connectivity index (χ0) is 19.5. The van der Waals surface area contributed by atoms with Gasteiger partial charge in [-0.15, -0.1) is 0 Å². The van der Waals surface area contributed by atoms with Crippen LogP contribution in [0.15, 0.2) is 58.3 Å². The van der Waals surface area contributed by atoms with Gasteiger partial charge >= 0.3 is 0 Å². The highest BCUT2D eigenvalue weighted by Crippen LogP contribution is 2.26. The van der Waals surface area contributed by atoms with Gasteiger partial charge in [-0.25, -0.2) is 19.4 Å². The number of nitrogens with two attached hydrogens (primary N) is 1. The number of carbonyl (C=O) groups is 1. The molecule has 0 unspecified atom stereocenters. The number of nitrogen functional groups attached to an aromatic ring is 1. The second-order valence-electron chi connectivity index (χ2n) is 5.82. The fourth-order valence-electron chi connectivity index (χ4n) is 2.70. The summed E-state index contributed by atoms with van der Waals surface area (Å²) in [4.78, 5) is 16.8. The van der Waals surface area contributed by atoms with Crippen LogP contribution in [0.2, 0.25) is 0 Å². The molecule has 28 heavy (non-hydrogen) atoms. The maximum atomic E-state index is 13.6. The first kappa shape index (κ1) is 17.3. The molecule has 2 heterocycles. The minimum absolute atomic E-state index is 0.0644. The molecule has 0 aliphatic carbocycles. The number of aromatic nitrogens is 4. The molecule has 4 aromatic rings. The van der Waals surface area contributed by atoms with Gasteiger partial charge in [0.05, 0.1) is 17.2 Å². The summed E-state index contributed by atoms with van der Waals surface area (Å²) in [5.41, 5.74) is 10.00. The van der Waals surface area contributed by atoms with Crippen LogP contribution in [-0.2, 0) is 11.3 Å². The van der Waals surface area contributed by atoms with Gasteiger partial charge in [0, 0.05) is 5.56 Å². The second kappa shape index (κ2) is 7.27. The Balaban J connectivity index is 1.60. The number of nitrogens with zero attached hydrogens (tertiary/aromatic N) is 5. The van der Waals surface area contributed by atoms with Gasteiger partial charge in [-0.1, -0.05) is 30.3 Å². The first-order valence-electron chi connectivity index (χ1n) is 8.23. The quantitative estimate of drug-likeness (QED) is 0.403. The fourth-order valence-corrected chi connectivity index (χ4v) is 2.70. The molecule has 0 spiro atoms. The molecule has 0 aliphatic heterocycles. The van der Waals surface area contributed by atoms with Crippen LogP contribution in [0.3, 0.4) is 0 Å². The van der Waals surface area contributed by atoms with E-state index in [0.29, 0.717) is 16.9 Å². The standard InChI is InChI=1S/C18H14FN7O2/c19-12-6-2-1-5-11(12)9-21-23-15(27)10-26-14-8-4-3-7-13(14)22-18(26)16-17(20)25-28-24-16/h1-9H,10H2,(H2,20,25)(H,23,27)/b21-9-. The third-order valence-corrected chi connectivity index (χ3v) is 3.98. The summed E-state index contributed by atoms with van der Waals surface area (Å²) in [5, 5.41) is 11.1. The Labute approximate surface area is 157 Å². The highest BCUT2D eigenvalue weighted by molar-refractivity contribution is 5.86. The molecular weight excluding hydrogens is 365 g/mol. The van der Waals surface area contributed by atoms with Gasteiger partial charge in [0.2, 0.25) is 0 Å². The van der Waals surface area contributed by atoms with Crippen LogP contribution in [0.25, 0.3) is 22.6 Å². The van der Waals surface area contributed by atoms with Crippen LogP contribution < -0.4 is 11.2 Å². The molecule has 0 aliphatic rings. The lowest BCUT2D eigenvalue weighted by Gasteiger charge is -2.06. The monoisotopic (exact) mass is 379 g/mol. The van der Waals surface area contributed by atoms with Gasteiger partial charge in [0.1, 0.15) is 12.4 Å². The number of benzene rings is 2. The van der Waals surface area contributed by atoms with E-state index in [1.54, 1.807) is 28.8 Å². The van der Waals surface area contributed by atoms with Crippen LogP contribution in [0.1, 0.15) is 5.56 Å². The summed E-state index contributed by atoms with van der Waals surface area (Å²) in [6, 6.07) is 13.4. The number of hydrogen-bond acceptors (Lipinski definition) is 7. The van der Waals surface area contributed by atoms with Crippen molar-refractivity contribution >= 4 is 29.0 Å². The van der Waals surface area contributed by atoms with E-state index in [-0.39, 0.29) is 23.6 Å². The normalized spacial score (nSPS) is 11.3.